The van der Waals surface area contributed by atoms with Crippen molar-refractivity contribution in [2.45, 2.75) is 71.4 Å². The average Bonchev–Trinajstić information content (AvgIpc) is 2.63. The molecule has 1 aliphatic carbocycles. The number of rotatable bonds is 5. The Labute approximate surface area is 106 Å². The van der Waals surface area contributed by atoms with Gasteiger partial charge < -0.3 is 10.6 Å². The summed E-state index contributed by atoms with van der Waals surface area (Å²) in [5.41, 5.74) is -0.113. The van der Waals surface area contributed by atoms with E-state index < -0.39 is 0 Å². The summed E-state index contributed by atoms with van der Waals surface area (Å²) in [6.45, 7) is 9.12. The smallest absolute Gasteiger partial charge is 0.221 e. The van der Waals surface area contributed by atoms with Crippen LogP contribution in [0.4, 0.5) is 0 Å². The van der Waals surface area contributed by atoms with Crippen LogP contribution >= 0.6 is 0 Å². The Morgan fingerprint density at radius 3 is 2.53 bits per heavy atom. The van der Waals surface area contributed by atoms with Gasteiger partial charge in [-0.15, -0.1) is 0 Å². The number of carbonyl (C=O) groups is 1. The Hall–Kier alpha value is -0.570. The molecule has 0 spiro atoms. The van der Waals surface area contributed by atoms with Crippen LogP contribution in [0.3, 0.4) is 0 Å². The van der Waals surface area contributed by atoms with E-state index in [9.17, 15) is 4.79 Å². The molecule has 2 unspecified atom stereocenters. The molecule has 0 saturated heterocycles. The molecule has 0 bridgehead atoms. The summed E-state index contributed by atoms with van der Waals surface area (Å²) in [6, 6.07) is 0.641. The summed E-state index contributed by atoms with van der Waals surface area (Å²) in [5.74, 6) is 1.05. The second-order valence-electron chi connectivity index (χ2n) is 6.29. The number of hydrogen-bond acceptors (Lipinski definition) is 2. The SMILES string of the molecule is CCC1CCC(NCCC(=O)NC(C)(C)C)C1. The van der Waals surface area contributed by atoms with Crippen LogP contribution in [-0.2, 0) is 4.79 Å². The van der Waals surface area contributed by atoms with Crippen molar-refractivity contribution in [1.82, 2.24) is 10.6 Å². The Kier molecular flexibility index (Phi) is 5.44. The molecule has 0 aromatic rings. The van der Waals surface area contributed by atoms with E-state index in [1.165, 1.54) is 25.7 Å². The van der Waals surface area contributed by atoms with Crippen molar-refractivity contribution in [2.24, 2.45) is 5.92 Å². The minimum absolute atomic E-state index is 0.113. The van der Waals surface area contributed by atoms with Gasteiger partial charge in [0.25, 0.3) is 0 Å². The summed E-state index contributed by atoms with van der Waals surface area (Å²) in [6.07, 6.45) is 5.80. The van der Waals surface area contributed by atoms with Crippen molar-refractivity contribution in [3.63, 3.8) is 0 Å². The van der Waals surface area contributed by atoms with Gasteiger partial charge in [-0.2, -0.15) is 0 Å². The van der Waals surface area contributed by atoms with Gasteiger partial charge >= 0.3 is 0 Å². The molecule has 1 saturated carbocycles. The molecule has 2 atom stereocenters. The van der Waals surface area contributed by atoms with E-state index in [2.05, 4.69) is 17.6 Å². The van der Waals surface area contributed by atoms with Gasteiger partial charge in [-0.3, -0.25) is 4.79 Å². The quantitative estimate of drug-likeness (QED) is 0.775. The molecule has 17 heavy (non-hydrogen) atoms. The molecule has 1 aliphatic rings. The third-order valence-corrected chi connectivity index (χ3v) is 3.42. The molecule has 3 heteroatoms. The molecular formula is C14H28N2O. The molecule has 2 N–H and O–H groups in total. The molecular weight excluding hydrogens is 212 g/mol. The van der Waals surface area contributed by atoms with E-state index in [4.69, 9.17) is 0 Å². The highest BCUT2D eigenvalue weighted by Gasteiger charge is 2.22. The first kappa shape index (κ1) is 14.5. The first-order chi connectivity index (χ1) is 7.90. The summed E-state index contributed by atoms with van der Waals surface area (Å²) >= 11 is 0. The van der Waals surface area contributed by atoms with Gasteiger partial charge in [0.05, 0.1) is 0 Å². The van der Waals surface area contributed by atoms with Crippen LogP contribution in [0.1, 0.15) is 59.8 Å². The zero-order chi connectivity index (χ0) is 12.9. The monoisotopic (exact) mass is 240 g/mol. The molecule has 3 nitrogen and oxygen atoms in total. The van der Waals surface area contributed by atoms with E-state index in [-0.39, 0.29) is 11.4 Å². The Morgan fingerprint density at radius 2 is 2.00 bits per heavy atom. The first-order valence-electron chi connectivity index (χ1n) is 6.95. The summed E-state index contributed by atoms with van der Waals surface area (Å²) in [5, 5.41) is 6.49. The van der Waals surface area contributed by atoms with Gasteiger partial charge in [-0.1, -0.05) is 13.3 Å². The van der Waals surface area contributed by atoms with Gasteiger partial charge in [-0.25, -0.2) is 0 Å². The Morgan fingerprint density at radius 1 is 1.29 bits per heavy atom. The van der Waals surface area contributed by atoms with Crippen LogP contribution < -0.4 is 10.6 Å². The minimum atomic E-state index is -0.113. The van der Waals surface area contributed by atoms with Crippen molar-refractivity contribution in [2.75, 3.05) is 6.54 Å². The summed E-state index contributed by atoms with van der Waals surface area (Å²) in [7, 11) is 0. The third-order valence-electron chi connectivity index (χ3n) is 3.42. The highest BCUT2D eigenvalue weighted by molar-refractivity contribution is 5.76. The molecule has 1 rings (SSSR count). The number of nitrogens with one attached hydrogen (secondary N) is 2. The fourth-order valence-corrected chi connectivity index (χ4v) is 2.50. The lowest BCUT2D eigenvalue weighted by molar-refractivity contribution is -0.122. The van der Waals surface area contributed by atoms with Crippen LogP contribution in [0, 0.1) is 5.92 Å². The third kappa shape index (κ3) is 6.06. The van der Waals surface area contributed by atoms with Gasteiger partial charge in [-0.05, 0) is 46.0 Å². The molecule has 0 aromatic heterocycles. The Balaban J connectivity index is 2.10. The molecule has 100 valence electrons. The maximum Gasteiger partial charge on any atom is 0.221 e. The molecule has 1 amide bonds. The van der Waals surface area contributed by atoms with Crippen LogP contribution in [0.25, 0.3) is 0 Å². The van der Waals surface area contributed by atoms with E-state index >= 15 is 0 Å². The van der Waals surface area contributed by atoms with E-state index in [1.807, 2.05) is 20.8 Å². The van der Waals surface area contributed by atoms with Crippen LogP contribution in [0.5, 0.6) is 0 Å². The van der Waals surface area contributed by atoms with Crippen molar-refractivity contribution >= 4 is 5.91 Å². The van der Waals surface area contributed by atoms with E-state index in [1.54, 1.807) is 0 Å². The molecule has 0 radical (unpaired) electrons. The van der Waals surface area contributed by atoms with Gasteiger partial charge in [0.15, 0.2) is 0 Å². The van der Waals surface area contributed by atoms with Crippen molar-refractivity contribution in [1.29, 1.82) is 0 Å². The second-order valence-corrected chi connectivity index (χ2v) is 6.29. The normalized spacial score (nSPS) is 24.9. The largest absolute Gasteiger partial charge is 0.351 e. The zero-order valence-corrected chi connectivity index (χ0v) is 11.8. The van der Waals surface area contributed by atoms with Crippen molar-refractivity contribution < 1.29 is 4.79 Å². The molecule has 0 aliphatic heterocycles. The summed E-state index contributed by atoms with van der Waals surface area (Å²) < 4.78 is 0. The lowest BCUT2D eigenvalue weighted by Gasteiger charge is -2.21. The predicted molar refractivity (Wildman–Crippen MR) is 71.9 cm³/mol. The summed E-state index contributed by atoms with van der Waals surface area (Å²) in [4.78, 5) is 11.6. The maximum absolute atomic E-state index is 11.6. The van der Waals surface area contributed by atoms with Crippen molar-refractivity contribution in [3.05, 3.63) is 0 Å². The number of hydrogen-bond donors (Lipinski definition) is 2. The fourth-order valence-electron chi connectivity index (χ4n) is 2.50. The van der Waals surface area contributed by atoms with Crippen LogP contribution in [0.2, 0.25) is 0 Å². The van der Waals surface area contributed by atoms with E-state index in [0.717, 1.165) is 12.5 Å². The fraction of sp³-hybridized carbons (Fsp3) is 0.929. The average molecular weight is 240 g/mol. The zero-order valence-electron chi connectivity index (χ0n) is 11.8. The van der Waals surface area contributed by atoms with E-state index in [0.29, 0.717) is 12.5 Å². The number of amides is 1. The topological polar surface area (TPSA) is 41.1 Å². The van der Waals surface area contributed by atoms with Gasteiger partial charge in [0.2, 0.25) is 5.91 Å². The lowest BCUT2D eigenvalue weighted by Crippen LogP contribution is -2.42. The Bertz CT molecular complexity index is 245. The first-order valence-corrected chi connectivity index (χ1v) is 6.95. The van der Waals surface area contributed by atoms with Gasteiger partial charge in [0, 0.05) is 24.5 Å². The highest BCUT2D eigenvalue weighted by atomic mass is 16.1. The van der Waals surface area contributed by atoms with Crippen molar-refractivity contribution in [3.8, 4) is 0 Å². The molecule has 0 aromatic carbocycles. The lowest BCUT2D eigenvalue weighted by atomic mass is 10.1. The standard InChI is InChI=1S/C14H28N2O/c1-5-11-6-7-12(10-11)15-9-8-13(17)16-14(2,3)4/h11-12,15H,5-10H2,1-4H3,(H,16,17). The van der Waals surface area contributed by atoms with Crippen LogP contribution in [0.15, 0.2) is 0 Å². The predicted octanol–water partition coefficient (Wildman–Crippen LogP) is 2.46. The minimum Gasteiger partial charge on any atom is -0.351 e. The number of carbonyl (C=O) groups excluding carboxylic acids is 1. The molecule has 1 fully saturated rings. The van der Waals surface area contributed by atoms with Crippen LogP contribution in [-0.4, -0.2) is 24.0 Å². The highest BCUT2D eigenvalue weighted by Crippen LogP contribution is 2.27. The maximum atomic E-state index is 11.6. The molecule has 0 heterocycles. The van der Waals surface area contributed by atoms with Gasteiger partial charge in [0.1, 0.15) is 0 Å². The second kappa shape index (κ2) is 6.39.